The van der Waals surface area contributed by atoms with Crippen LogP contribution in [0.2, 0.25) is 0 Å². The second-order valence-electron chi connectivity index (χ2n) is 3.86. The van der Waals surface area contributed by atoms with E-state index in [2.05, 4.69) is 48.8 Å². The molecule has 90 valence electrons. The first-order chi connectivity index (χ1) is 8.27. The maximum atomic E-state index is 11.2. The molecule has 1 heterocycles. The highest BCUT2D eigenvalue weighted by atomic mass is 79.9. The largest absolute Gasteiger partial charge is 0.280 e. The zero-order valence-electron chi connectivity index (χ0n) is 9.19. The van der Waals surface area contributed by atoms with Gasteiger partial charge in [-0.3, -0.25) is 10.2 Å². The zero-order chi connectivity index (χ0) is 12.1. The van der Waals surface area contributed by atoms with E-state index in [0.29, 0.717) is 16.1 Å². The summed E-state index contributed by atoms with van der Waals surface area (Å²) >= 11 is 3.18. The van der Waals surface area contributed by atoms with Gasteiger partial charge in [-0.2, -0.15) is 10.2 Å². The molecule has 17 heavy (non-hydrogen) atoms. The van der Waals surface area contributed by atoms with Crippen molar-refractivity contribution in [1.82, 2.24) is 10.2 Å². The Morgan fingerprint density at radius 3 is 3.24 bits per heavy atom. The van der Waals surface area contributed by atoms with Crippen LogP contribution in [-0.2, 0) is 0 Å². The standard InChI is InChI=1S/C11H13BrN4O/c12-10-9(7-14-16-11(10)17)15-13-6-8-4-2-1-3-5-8/h1-2,6-8H,3-5H2,(H2,15,16,17)/t8-/m1/s1. The third-order valence-electron chi connectivity index (χ3n) is 2.58. The Bertz CT molecular complexity index is 494. The van der Waals surface area contributed by atoms with Crippen molar-refractivity contribution in [2.24, 2.45) is 11.0 Å². The van der Waals surface area contributed by atoms with Crippen molar-refractivity contribution < 1.29 is 0 Å². The van der Waals surface area contributed by atoms with Gasteiger partial charge >= 0.3 is 0 Å². The number of anilines is 1. The number of nitrogens with one attached hydrogen (secondary N) is 2. The number of aromatic amines is 1. The number of halogens is 1. The molecule has 0 fully saturated rings. The van der Waals surface area contributed by atoms with Crippen molar-refractivity contribution in [3.63, 3.8) is 0 Å². The molecule has 1 aromatic rings. The molecule has 2 rings (SSSR count). The average Bonchev–Trinajstić information content (AvgIpc) is 2.36. The minimum Gasteiger partial charge on any atom is -0.276 e. The van der Waals surface area contributed by atoms with E-state index in [4.69, 9.17) is 0 Å². The van der Waals surface area contributed by atoms with Crippen molar-refractivity contribution in [3.05, 3.63) is 33.2 Å². The van der Waals surface area contributed by atoms with Gasteiger partial charge in [0.1, 0.15) is 4.47 Å². The molecular formula is C11H13BrN4O. The van der Waals surface area contributed by atoms with Crippen LogP contribution >= 0.6 is 15.9 Å². The monoisotopic (exact) mass is 296 g/mol. The van der Waals surface area contributed by atoms with E-state index >= 15 is 0 Å². The quantitative estimate of drug-likeness (QED) is 0.511. The van der Waals surface area contributed by atoms with Crippen LogP contribution in [0.4, 0.5) is 5.69 Å². The first-order valence-corrected chi connectivity index (χ1v) is 6.24. The Morgan fingerprint density at radius 1 is 1.59 bits per heavy atom. The maximum Gasteiger partial charge on any atom is 0.280 e. The summed E-state index contributed by atoms with van der Waals surface area (Å²) in [5, 5.41) is 10.2. The highest BCUT2D eigenvalue weighted by Gasteiger charge is 2.07. The second kappa shape index (κ2) is 5.77. The summed E-state index contributed by atoms with van der Waals surface area (Å²) in [6.07, 6.45) is 11.0. The van der Waals surface area contributed by atoms with Crippen LogP contribution in [0.5, 0.6) is 0 Å². The van der Waals surface area contributed by atoms with Gasteiger partial charge < -0.3 is 0 Å². The number of hydrazone groups is 1. The number of H-pyrrole nitrogens is 1. The molecule has 0 saturated heterocycles. The lowest BCUT2D eigenvalue weighted by molar-refractivity contribution is 0.627. The predicted molar refractivity (Wildman–Crippen MR) is 71.2 cm³/mol. The number of nitrogens with zero attached hydrogens (tertiary/aromatic N) is 2. The van der Waals surface area contributed by atoms with Crippen molar-refractivity contribution in [2.45, 2.75) is 19.3 Å². The first-order valence-electron chi connectivity index (χ1n) is 5.45. The van der Waals surface area contributed by atoms with Crippen molar-refractivity contribution >= 4 is 27.8 Å². The van der Waals surface area contributed by atoms with Gasteiger partial charge in [0.15, 0.2) is 0 Å². The Hall–Kier alpha value is -1.43. The molecule has 0 amide bonds. The minimum absolute atomic E-state index is 0.272. The number of allylic oxidation sites excluding steroid dienone is 2. The fourth-order valence-corrected chi connectivity index (χ4v) is 1.91. The SMILES string of the molecule is O=c1[nH]ncc(NN=C[C@@H]2CC=CCC2)c1Br. The Balaban J connectivity index is 1.97. The molecule has 6 heteroatoms. The van der Waals surface area contributed by atoms with E-state index in [-0.39, 0.29) is 5.56 Å². The van der Waals surface area contributed by atoms with Gasteiger partial charge in [-0.15, -0.1) is 0 Å². The van der Waals surface area contributed by atoms with Gasteiger partial charge in [0.2, 0.25) is 0 Å². The van der Waals surface area contributed by atoms with Gasteiger partial charge in [-0.05, 0) is 41.1 Å². The molecular weight excluding hydrogens is 284 g/mol. The number of hydrogen-bond acceptors (Lipinski definition) is 4. The molecule has 0 aliphatic heterocycles. The van der Waals surface area contributed by atoms with Crippen molar-refractivity contribution in [3.8, 4) is 0 Å². The van der Waals surface area contributed by atoms with Gasteiger partial charge in [0, 0.05) is 6.21 Å². The molecule has 0 radical (unpaired) electrons. The van der Waals surface area contributed by atoms with Crippen LogP contribution < -0.4 is 11.0 Å². The molecule has 1 aliphatic rings. The lowest BCUT2D eigenvalue weighted by Gasteiger charge is -2.11. The molecule has 1 aromatic heterocycles. The van der Waals surface area contributed by atoms with E-state index in [1.807, 2.05) is 6.21 Å². The first kappa shape index (κ1) is 12.0. The summed E-state index contributed by atoms with van der Waals surface area (Å²) in [5.74, 6) is 0.473. The van der Waals surface area contributed by atoms with Crippen molar-refractivity contribution in [2.75, 3.05) is 5.43 Å². The molecule has 0 saturated carbocycles. The van der Waals surface area contributed by atoms with E-state index in [1.165, 1.54) is 6.20 Å². The molecule has 1 aliphatic carbocycles. The molecule has 0 bridgehead atoms. The van der Waals surface area contributed by atoms with Gasteiger partial charge in [0.05, 0.1) is 11.9 Å². The van der Waals surface area contributed by atoms with Crippen LogP contribution in [0, 0.1) is 5.92 Å². The fourth-order valence-electron chi connectivity index (χ4n) is 1.63. The van der Waals surface area contributed by atoms with Crippen LogP contribution in [-0.4, -0.2) is 16.4 Å². The van der Waals surface area contributed by atoms with Crippen LogP contribution in [0.25, 0.3) is 0 Å². The number of aromatic nitrogens is 2. The second-order valence-corrected chi connectivity index (χ2v) is 4.65. The molecule has 2 N–H and O–H groups in total. The molecule has 0 spiro atoms. The summed E-state index contributed by atoms with van der Waals surface area (Å²) in [6.45, 7) is 0. The Kier molecular flexibility index (Phi) is 4.08. The van der Waals surface area contributed by atoms with Gasteiger partial charge in [-0.25, -0.2) is 5.10 Å². The molecule has 0 aromatic carbocycles. The van der Waals surface area contributed by atoms with Gasteiger partial charge in [0.25, 0.3) is 5.56 Å². The lowest BCUT2D eigenvalue weighted by Crippen LogP contribution is -2.11. The molecule has 0 unspecified atom stereocenters. The topological polar surface area (TPSA) is 70.1 Å². The summed E-state index contributed by atoms with van der Waals surface area (Å²) < 4.78 is 0.410. The zero-order valence-corrected chi connectivity index (χ0v) is 10.8. The van der Waals surface area contributed by atoms with Gasteiger partial charge in [-0.1, -0.05) is 12.2 Å². The highest BCUT2D eigenvalue weighted by molar-refractivity contribution is 9.10. The summed E-state index contributed by atoms with van der Waals surface area (Å²) in [6, 6.07) is 0. The van der Waals surface area contributed by atoms with Crippen LogP contribution in [0.15, 0.2) is 32.7 Å². The number of rotatable bonds is 3. The van der Waals surface area contributed by atoms with E-state index in [9.17, 15) is 4.79 Å². The third kappa shape index (κ3) is 3.26. The van der Waals surface area contributed by atoms with Crippen LogP contribution in [0.3, 0.4) is 0 Å². The van der Waals surface area contributed by atoms with E-state index in [0.717, 1.165) is 19.3 Å². The van der Waals surface area contributed by atoms with E-state index < -0.39 is 0 Å². The fraction of sp³-hybridized carbons (Fsp3) is 0.364. The number of hydrogen-bond donors (Lipinski definition) is 2. The molecule has 1 atom stereocenters. The summed E-state index contributed by atoms with van der Waals surface area (Å²) in [4.78, 5) is 11.2. The maximum absolute atomic E-state index is 11.2. The third-order valence-corrected chi connectivity index (χ3v) is 3.36. The average molecular weight is 297 g/mol. The van der Waals surface area contributed by atoms with Crippen LogP contribution in [0.1, 0.15) is 19.3 Å². The normalized spacial score (nSPS) is 19.7. The summed E-state index contributed by atoms with van der Waals surface area (Å²) in [7, 11) is 0. The van der Waals surface area contributed by atoms with E-state index in [1.54, 1.807) is 0 Å². The lowest BCUT2D eigenvalue weighted by atomic mass is 9.96. The summed E-state index contributed by atoms with van der Waals surface area (Å²) in [5.41, 5.74) is 3.11. The Morgan fingerprint density at radius 2 is 2.47 bits per heavy atom. The smallest absolute Gasteiger partial charge is 0.276 e. The predicted octanol–water partition coefficient (Wildman–Crippen LogP) is 2.29. The molecule has 5 nitrogen and oxygen atoms in total. The minimum atomic E-state index is -0.272. The van der Waals surface area contributed by atoms with Crippen molar-refractivity contribution in [1.29, 1.82) is 0 Å². The highest BCUT2D eigenvalue weighted by Crippen LogP contribution is 2.17. The Labute approximate surface area is 107 Å².